The van der Waals surface area contributed by atoms with Crippen LogP contribution in [0.15, 0.2) is 88.0 Å². The molecule has 6 heteroatoms. The van der Waals surface area contributed by atoms with Crippen molar-refractivity contribution in [3.8, 4) is 0 Å². The van der Waals surface area contributed by atoms with E-state index in [1.165, 1.54) is 7.11 Å². The van der Waals surface area contributed by atoms with Gasteiger partial charge in [-0.15, -0.1) is 0 Å². The van der Waals surface area contributed by atoms with E-state index in [1.807, 2.05) is 55.5 Å². The zero-order valence-corrected chi connectivity index (χ0v) is 18.6. The normalized spacial score (nSPS) is 14.7. The molecule has 0 saturated carbocycles. The summed E-state index contributed by atoms with van der Waals surface area (Å²) in [5.74, 6) is -0.0529. The first-order valence-corrected chi connectivity index (χ1v) is 10.4. The van der Waals surface area contributed by atoms with Gasteiger partial charge in [-0.25, -0.2) is 9.79 Å². The van der Waals surface area contributed by atoms with Gasteiger partial charge in [-0.3, -0.25) is 9.69 Å². The minimum absolute atomic E-state index is 0.217. The molecule has 4 rings (SSSR count). The minimum atomic E-state index is -0.406. The van der Waals surface area contributed by atoms with Gasteiger partial charge in [-0.05, 0) is 48.9 Å². The Balaban J connectivity index is 1.76. The number of esters is 1. The Morgan fingerprint density at radius 3 is 2.39 bits per heavy atom. The van der Waals surface area contributed by atoms with E-state index in [2.05, 4.69) is 20.9 Å². The Labute approximate surface area is 188 Å². The molecule has 0 saturated heterocycles. The lowest BCUT2D eigenvalue weighted by Gasteiger charge is -2.19. The highest BCUT2D eigenvalue weighted by atomic mass is 79.9. The van der Waals surface area contributed by atoms with Gasteiger partial charge in [0.15, 0.2) is 0 Å². The van der Waals surface area contributed by atoms with Gasteiger partial charge in [0.1, 0.15) is 11.5 Å². The number of methoxy groups -OCH3 is 1. The zero-order valence-electron chi connectivity index (χ0n) is 17.0. The molecule has 0 radical (unpaired) electrons. The molecule has 0 atom stereocenters. The zero-order chi connectivity index (χ0) is 22.0. The predicted molar refractivity (Wildman–Crippen MR) is 125 cm³/mol. The molecule has 3 aromatic carbocycles. The highest BCUT2D eigenvalue weighted by molar-refractivity contribution is 9.10. The fourth-order valence-corrected chi connectivity index (χ4v) is 3.65. The number of aryl methyl sites for hydroxylation is 1. The molecule has 31 heavy (non-hydrogen) atoms. The van der Waals surface area contributed by atoms with E-state index in [-0.39, 0.29) is 5.91 Å². The Bertz CT molecular complexity index is 1210. The van der Waals surface area contributed by atoms with Gasteiger partial charge in [-0.2, -0.15) is 0 Å². The van der Waals surface area contributed by atoms with Crippen LogP contribution in [0.2, 0.25) is 0 Å². The number of hydrogen-bond donors (Lipinski definition) is 0. The number of hydrogen-bond acceptors (Lipinski definition) is 4. The number of carbonyl (C=O) groups excluding carboxylic acids is 2. The summed E-state index contributed by atoms with van der Waals surface area (Å²) in [4.78, 5) is 31.3. The Hall–Kier alpha value is -3.51. The molecular formula is C25H19BrN2O3. The monoisotopic (exact) mass is 474 g/mol. The van der Waals surface area contributed by atoms with Gasteiger partial charge in [0, 0.05) is 10.0 Å². The summed E-state index contributed by atoms with van der Waals surface area (Å²) in [7, 11) is 1.34. The van der Waals surface area contributed by atoms with Crippen LogP contribution < -0.4 is 4.90 Å². The number of nitrogens with zero attached hydrogens (tertiary/aromatic N) is 2. The molecule has 5 nitrogen and oxygen atoms in total. The van der Waals surface area contributed by atoms with Crippen LogP contribution in [0.4, 0.5) is 5.69 Å². The van der Waals surface area contributed by atoms with E-state index in [9.17, 15) is 9.59 Å². The Kier molecular flexibility index (Phi) is 5.82. The smallest absolute Gasteiger partial charge is 0.337 e. The Morgan fingerprint density at radius 1 is 1.03 bits per heavy atom. The molecule has 1 aliphatic heterocycles. The second-order valence-electron chi connectivity index (χ2n) is 7.07. The van der Waals surface area contributed by atoms with E-state index in [0.717, 1.165) is 26.9 Å². The molecule has 0 fully saturated rings. The number of aliphatic imine (C=N–C) groups is 1. The SMILES string of the molecule is COC(=O)c1ccc(/C=C2/N=C(c3ccc(C)cc3)N(c3cccc(Br)c3)C2=O)cc1. The van der Waals surface area contributed by atoms with Crippen molar-refractivity contribution in [2.45, 2.75) is 6.92 Å². The fraction of sp³-hybridized carbons (Fsp3) is 0.0800. The largest absolute Gasteiger partial charge is 0.465 e. The number of rotatable bonds is 4. The highest BCUT2D eigenvalue weighted by Gasteiger charge is 2.32. The third-order valence-corrected chi connectivity index (χ3v) is 5.36. The van der Waals surface area contributed by atoms with Crippen LogP contribution in [0, 0.1) is 6.92 Å². The maximum atomic E-state index is 13.3. The summed E-state index contributed by atoms with van der Waals surface area (Å²) in [6.07, 6.45) is 1.72. The molecule has 0 spiro atoms. The number of ether oxygens (including phenoxy) is 1. The molecule has 0 aliphatic carbocycles. The third-order valence-electron chi connectivity index (χ3n) is 4.87. The van der Waals surface area contributed by atoms with Crippen LogP contribution in [-0.4, -0.2) is 24.8 Å². The molecule has 0 aromatic heterocycles. The van der Waals surface area contributed by atoms with Crippen LogP contribution in [0.1, 0.15) is 27.0 Å². The number of anilines is 1. The molecular weight excluding hydrogens is 456 g/mol. The molecule has 0 bridgehead atoms. The van der Waals surface area contributed by atoms with E-state index in [1.54, 1.807) is 35.2 Å². The van der Waals surface area contributed by atoms with Gasteiger partial charge in [0.05, 0.1) is 18.4 Å². The molecule has 0 unspecified atom stereocenters. The number of halogens is 1. The van der Waals surface area contributed by atoms with Gasteiger partial charge < -0.3 is 4.74 Å². The first-order chi connectivity index (χ1) is 15.0. The summed E-state index contributed by atoms with van der Waals surface area (Å²) in [5, 5.41) is 0. The van der Waals surface area contributed by atoms with Crippen molar-refractivity contribution >= 4 is 45.4 Å². The number of benzene rings is 3. The fourth-order valence-electron chi connectivity index (χ4n) is 3.26. The first kappa shape index (κ1) is 20.8. The lowest BCUT2D eigenvalue weighted by atomic mass is 10.1. The van der Waals surface area contributed by atoms with Crippen molar-refractivity contribution in [3.05, 3.63) is 105 Å². The van der Waals surface area contributed by atoms with Crippen molar-refractivity contribution in [2.75, 3.05) is 12.0 Å². The lowest BCUT2D eigenvalue weighted by Crippen LogP contribution is -2.32. The summed E-state index contributed by atoms with van der Waals surface area (Å²) >= 11 is 3.48. The lowest BCUT2D eigenvalue weighted by molar-refractivity contribution is -0.113. The standard InChI is InChI=1S/C25H19BrN2O3/c1-16-6-10-18(11-7-16)23-27-22(14-17-8-12-19(13-9-17)25(30)31-2)24(29)28(23)21-5-3-4-20(26)15-21/h3-15H,1-2H3/b22-14+. The molecule has 1 aliphatic rings. The predicted octanol–water partition coefficient (Wildman–Crippen LogP) is 5.38. The van der Waals surface area contributed by atoms with Crippen molar-refractivity contribution in [2.24, 2.45) is 4.99 Å². The van der Waals surface area contributed by atoms with Crippen molar-refractivity contribution in [1.29, 1.82) is 0 Å². The van der Waals surface area contributed by atoms with Crippen LogP contribution in [-0.2, 0) is 9.53 Å². The molecule has 0 N–H and O–H groups in total. The summed E-state index contributed by atoms with van der Waals surface area (Å²) in [5.41, 5.74) is 4.23. The maximum Gasteiger partial charge on any atom is 0.337 e. The van der Waals surface area contributed by atoms with E-state index in [0.29, 0.717) is 17.1 Å². The van der Waals surface area contributed by atoms with Gasteiger partial charge in [0.25, 0.3) is 5.91 Å². The first-order valence-electron chi connectivity index (χ1n) is 9.62. The van der Waals surface area contributed by atoms with Gasteiger partial charge >= 0.3 is 5.97 Å². The average Bonchev–Trinajstić information content (AvgIpc) is 3.10. The van der Waals surface area contributed by atoms with E-state index >= 15 is 0 Å². The second kappa shape index (κ2) is 8.70. The van der Waals surface area contributed by atoms with Crippen molar-refractivity contribution in [3.63, 3.8) is 0 Å². The quantitative estimate of drug-likeness (QED) is 0.376. The van der Waals surface area contributed by atoms with Crippen LogP contribution >= 0.6 is 15.9 Å². The second-order valence-corrected chi connectivity index (χ2v) is 7.98. The van der Waals surface area contributed by atoms with Crippen molar-refractivity contribution < 1.29 is 14.3 Å². The summed E-state index contributed by atoms with van der Waals surface area (Å²) < 4.78 is 5.60. The number of amidine groups is 1. The van der Waals surface area contributed by atoms with Crippen LogP contribution in [0.5, 0.6) is 0 Å². The third kappa shape index (κ3) is 4.34. The van der Waals surface area contributed by atoms with Gasteiger partial charge in [-0.1, -0.05) is 64.0 Å². The topological polar surface area (TPSA) is 59.0 Å². The summed E-state index contributed by atoms with van der Waals surface area (Å²) in [6.45, 7) is 2.01. The minimum Gasteiger partial charge on any atom is -0.465 e. The highest BCUT2D eigenvalue weighted by Crippen LogP contribution is 2.29. The molecule has 1 amide bonds. The molecule has 3 aromatic rings. The van der Waals surface area contributed by atoms with E-state index in [4.69, 9.17) is 4.74 Å². The average molecular weight is 475 g/mol. The van der Waals surface area contributed by atoms with E-state index < -0.39 is 5.97 Å². The van der Waals surface area contributed by atoms with Crippen LogP contribution in [0.25, 0.3) is 6.08 Å². The molecule has 154 valence electrons. The van der Waals surface area contributed by atoms with Crippen molar-refractivity contribution in [1.82, 2.24) is 0 Å². The Morgan fingerprint density at radius 2 is 1.74 bits per heavy atom. The number of carbonyl (C=O) groups is 2. The molecule has 1 heterocycles. The number of amides is 1. The summed E-state index contributed by atoms with van der Waals surface area (Å²) in [6, 6.07) is 22.3. The van der Waals surface area contributed by atoms with Crippen LogP contribution in [0.3, 0.4) is 0 Å². The maximum absolute atomic E-state index is 13.3. The van der Waals surface area contributed by atoms with Gasteiger partial charge in [0.2, 0.25) is 0 Å².